The van der Waals surface area contributed by atoms with Crippen molar-refractivity contribution in [2.45, 2.75) is 53.6 Å². The van der Waals surface area contributed by atoms with Gasteiger partial charge in [0.15, 0.2) is 0 Å². The van der Waals surface area contributed by atoms with Gasteiger partial charge in [0.2, 0.25) is 0 Å². The summed E-state index contributed by atoms with van der Waals surface area (Å²) in [4.78, 5) is 0. The summed E-state index contributed by atoms with van der Waals surface area (Å²) in [6.07, 6.45) is 3.54. The van der Waals surface area contributed by atoms with Gasteiger partial charge in [-0.25, -0.2) is 0 Å². The van der Waals surface area contributed by atoms with Crippen molar-refractivity contribution in [2.75, 3.05) is 20.3 Å². The number of rotatable bonds is 12. The van der Waals surface area contributed by atoms with Gasteiger partial charge in [0.1, 0.15) is 5.75 Å². The number of hydrogen-bond acceptors (Lipinski definition) is 3. The predicted octanol–water partition coefficient (Wildman–Crippen LogP) is 4.92. The molecule has 0 bridgehead atoms. The van der Waals surface area contributed by atoms with Gasteiger partial charge in [-0.3, -0.25) is 0 Å². The van der Waals surface area contributed by atoms with Gasteiger partial charge in [-0.05, 0) is 60.6 Å². The van der Waals surface area contributed by atoms with Crippen LogP contribution in [-0.2, 0) is 11.3 Å². The molecule has 0 aromatic heterocycles. The van der Waals surface area contributed by atoms with Crippen LogP contribution < -0.4 is 4.74 Å². The van der Waals surface area contributed by atoms with Gasteiger partial charge in [0.05, 0.1) is 13.7 Å². The normalized spacial score (nSPS) is 16.4. The first-order valence-electron chi connectivity index (χ1n) is 9.26. The molecule has 24 heavy (non-hydrogen) atoms. The van der Waals surface area contributed by atoms with Crippen LogP contribution in [0.2, 0.25) is 0 Å². The standard InChI is InChI=1S/C21H36O3/c1-16(11-18(3)13-22)10-17(2)12-19(4)14-24-15-20-6-8-21(23-5)9-7-20/h6-9,16-19,22H,10-15H2,1-5H3/t16-,17+,18-,19-/m0/s1. The highest BCUT2D eigenvalue weighted by molar-refractivity contribution is 5.26. The molecule has 0 radical (unpaired) electrons. The van der Waals surface area contributed by atoms with Crippen molar-refractivity contribution in [3.63, 3.8) is 0 Å². The first-order valence-corrected chi connectivity index (χ1v) is 9.26. The van der Waals surface area contributed by atoms with Crippen molar-refractivity contribution in [2.24, 2.45) is 23.7 Å². The number of hydrogen-bond donors (Lipinski definition) is 1. The van der Waals surface area contributed by atoms with Crippen LogP contribution in [0, 0.1) is 23.7 Å². The zero-order valence-electron chi connectivity index (χ0n) is 16.1. The lowest BCUT2D eigenvalue weighted by atomic mass is 9.86. The van der Waals surface area contributed by atoms with Crippen LogP contribution in [0.5, 0.6) is 5.75 Å². The Morgan fingerprint density at radius 3 is 1.92 bits per heavy atom. The number of methoxy groups -OCH3 is 1. The lowest BCUT2D eigenvalue weighted by Crippen LogP contribution is -2.14. The Balaban J connectivity index is 2.21. The van der Waals surface area contributed by atoms with E-state index in [4.69, 9.17) is 14.6 Å². The molecule has 0 heterocycles. The second-order valence-corrected chi connectivity index (χ2v) is 7.67. The van der Waals surface area contributed by atoms with E-state index in [-0.39, 0.29) is 0 Å². The molecule has 0 aliphatic heterocycles. The molecule has 1 aromatic rings. The van der Waals surface area contributed by atoms with Gasteiger partial charge in [-0.2, -0.15) is 0 Å². The van der Waals surface area contributed by atoms with Gasteiger partial charge in [0, 0.05) is 13.2 Å². The molecule has 3 nitrogen and oxygen atoms in total. The number of aliphatic hydroxyl groups excluding tert-OH is 1. The van der Waals surface area contributed by atoms with Crippen LogP contribution in [0.4, 0.5) is 0 Å². The third-order valence-corrected chi connectivity index (χ3v) is 4.56. The molecule has 4 atom stereocenters. The van der Waals surface area contributed by atoms with Crippen molar-refractivity contribution >= 4 is 0 Å². The molecule has 1 aromatic carbocycles. The molecule has 0 saturated carbocycles. The number of aliphatic hydroxyl groups is 1. The lowest BCUT2D eigenvalue weighted by molar-refractivity contribution is 0.0830. The number of benzene rings is 1. The summed E-state index contributed by atoms with van der Waals surface area (Å²) >= 11 is 0. The maximum Gasteiger partial charge on any atom is 0.118 e. The molecule has 0 spiro atoms. The Hall–Kier alpha value is -1.06. The third kappa shape index (κ3) is 8.70. The Bertz CT molecular complexity index is 429. The summed E-state index contributed by atoms with van der Waals surface area (Å²) in [7, 11) is 1.68. The Morgan fingerprint density at radius 2 is 1.38 bits per heavy atom. The Kier molecular flexibility index (Phi) is 10.0. The summed E-state index contributed by atoms with van der Waals surface area (Å²) in [5.41, 5.74) is 1.18. The van der Waals surface area contributed by atoms with E-state index in [9.17, 15) is 0 Å². The molecule has 0 unspecified atom stereocenters. The summed E-state index contributed by atoms with van der Waals surface area (Å²) in [6, 6.07) is 8.05. The second kappa shape index (κ2) is 11.5. The second-order valence-electron chi connectivity index (χ2n) is 7.67. The molecule has 3 heteroatoms. The summed E-state index contributed by atoms with van der Waals surface area (Å²) in [6.45, 7) is 10.8. The highest BCUT2D eigenvalue weighted by atomic mass is 16.5. The Labute approximate surface area is 148 Å². The van der Waals surface area contributed by atoms with Crippen molar-refractivity contribution < 1.29 is 14.6 Å². The SMILES string of the molecule is COc1ccc(COC[C@@H](C)C[C@H](C)C[C@H](C)C[C@H](C)CO)cc1. The average molecular weight is 337 g/mol. The van der Waals surface area contributed by atoms with Gasteiger partial charge in [-0.1, -0.05) is 39.8 Å². The summed E-state index contributed by atoms with van der Waals surface area (Å²) < 4.78 is 11.0. The summed E-state index contributed by atoms with van der Waals surface area (Å²) in [5, 5.41) is 9.16. The molecule has 0 saturated heterocycles. The van der Waals surface area contributed by atoms with Crippen LogP contribution in [-0.4, -0.2) is 25.4 Å². The summed E-state index contributed by atoms with van der Waals surface area (Å²) in [5.74, 6) is 3.24. The van der Waals surface area contributed by atoms with Crippen molar-refractivity contribution in [1.82, 2.24) is 0 Å². The molecule has 0 amide bonds. The van der Waals surface area contributed by atoms with Crippen LogP contribution in [0.25, 0.3) is 0 Å². The van der Waals surface area contributed by atoms with Crippen LogP contribution in [0.3, 0.4) is 0 Å². The minimum atomic E-state index is 0.300. The fraction of sp³-hybridized carbons (Fsp3) is 0.714. The maximum atomic E-state index is 9.16. The zero-order valence-corrected chi connectivity index (χ0v) is 16.1. The third-order valence-electron chi connectivity index (χ3n) is 4.56. The largest absolute Gasteiger partial charge is 0.497 e. The van der Waals surface area contributed by atoms with E-state index in [2.05, 4.69) is 39.8 Å². The highest BCUT2D eigenvalue weighted by Crippen LogP contribution is 2.24. The molecule has 1 rings (SSSR count). The fourth-order valence-electron chi connectivity index (χ4n) is 3.50. The van der Waals surface area contributed by atoms with Crippen molar-refractivity contribution in [3.8, 4) is 5.75 Å². The van der Waals surface area contributed by atoms with E-state index in [0.29, 0.717) is 36.9 Å². The minimum absolute atomic E-state index is 0.300. The minimum Gasteiger partial charge on any atom is -0.497 e. The van der Waals surface area contributed by atoms with E-state index in [0.717, 1.165) is 18.8 Å². The van der Waals surface area contributed by atoms with Gasteiger partial charge in [-0.15, -0.1) is 0 Å². The number of ether oxygens (including phenoxy) is 2. The van der Waals surface area contributed by atoms with E-state index >= 15 is 0 Å². The smallest absolute Gasteiger partial charge is 0.118 e. The topological polar surface area (TPSA) is 38.7 Å². The molecule has 0 aliphatic rings. The van der Waals surface area contributed by atoms with Crippen LogP contribution in [0.15, 0.2) is 24.3 Å². The van der Waals surface area contributed by atoms with Gasteiger partial charge in [0.25, 0.3) is 0 Å². The molecular formula is C21H36O3. The highest BCUT2D eigenvalue weighted by Gasteiger charge is 2.14. The van der Waals surface area contributed by atoms with Crippen molar-refractivity contribution in [1.29, 1.82) is 0 Å². The average Bonchev–Trinajstić information content (AvgIpc) is 2.54. The fourth-order valence-corrected chi connectivity index (χ4v) is 3.50. The lowest BCUT2D eigenvalue weighted by Gasteiger charge is -2.22. The monoisotopic (exact) mass is 336 g/mol. The zero-order chi connectivity index (χ0) is 17.9. The van der Waals surface area contributed by atoms with Gasteiger partial charge < -0.3 is 14.6 Å². The molecule has 138 valence electrons. The first kappa shape index (κ1) is 21.0. The molecular weight excluding hydrogens is 300 g/mol. The van der Waals surface area contributed by atoms with Gasteiger partial charge >= 0.3 is 0 Å². The maximum absolute atomic E-state index is 9.16. The van der Waals surface area contributed by atoms with E-state index in [1.807, 2.05) is 12.1 Å². The van der Waals surface area contributed by atoms with Crippen LogP contribution in [0.1, 0.15) is 52.5 Å². The van der Waals surface area contributed by atoms with E-state index in [1.165, 1.54) is 18.4 Å². The molecule has 1 N–H and O–H groups in total. The Morgan fingerprint density at radius 1 is 0.833 bits per heavy atom. The quantitative estimate of drug-likeness (QED) is 0.589. The van der Waals surface area contributed by atoms with Crippen molar-refractivity contribution in [3.05, 3.63) is 29.8 Å². The molecule has 0 aliphatic carbocycles. The first-order chi connectivity index (χ1) is 11.4. The molecule has 0 fully saturated rings. The van der Waals surface area contributed by atoms with Crippen LogP contribution >= 0.6 is 0 Å². The van der Waals surface area contributed by atoms with E-state index < -0.39 is 0 Å². The van der Waals surface area contributed by atoms with E-state index in [1.54, 1.807) is 7.11 Å². The predicted molar refractivity (Wildman–Crippen MR) is 100 cm³/mol.